The van der Waals surface area contributed by atoms with Crippen molar-refractivity contribution in [1.82, 2.24) is 20.1 Å². The Kier molecular flexibility index (Phi) is 7.72. The zero-order chi connectivity index (χ0) is 23.3. The number of nitrogens with zero attached hydrogens (tertiary/aromatic N) is 3. The van der Waals surface area contributed by atoms with Crippen molar-refractivity contribution in [2.24, 2.45) is 0 Å². The van der Waals surface area contributed by atoms with Gasteiger partial charge in [-0.3, -0.25) is 9.59 Å². The summed E-state index contributed by atoms with van der Waals surface area (Å²) in [7, 11) is 0. The van der Waals surface area contributed by atoms with Gasteiger partial charge in [0.25, 0.3) is 10.8 Å². The maximum Gasteiger partial charge on any atom is 0.427 e. The number of carbonyl (C=O) groups excluding carboxylic acids is 1. The number of anilines is 1. The summed E-state index contributed by atoms with van der Waals surface area (Å²) in [6.07, 6.45) is -1.85. The molecule has 176 valence electrons. The van der Waals surface area contributed by atoms with Crippen molar-refractivity contribution >= 4 is 22.9 Å². The van der Waals surface area contributed by atoms with E-state index >= 15 is 0 Å². The Morgan fingerprint density at radius 2 is 2.22 bits per heavy atom. The number of hydrogen-bond donors (Lipinski definition) is 2. The van der Waals surface area contributed by atoms with Gasteiger partial charge in [0.05, 0.1) is 44.3 Å². The van der Waals surface area contributed by atoms with Crippen molar-refractivity contribution in [3.05, 3.63) is 33.2 Å². The molecule has 0 radical (unpaired) electrons. The molecule has 0 spiro atoms. The smallest absolute Gasteiger partial charge is 0.427 e. The second-order valence-electron chi connectivity index (χ2n) is 7.46. The Morgan fingerprint density at radius 1 is 1.44 bits per heavy atom. The van der Waals surface area contributed by atoms with Crippen LogP contribution in [-0.4, -0.2) is 64.4 Å². The van der Waals surface area contributed by atoms with Gasteiger partial charge < -0.3 is 19.7 Å². The Balaban J connectivity index is 1.35. The zero-order valence-corrected chi connectivity index (χ0v) is 18.4. The minimum Gasteiger partial charge on any atom is -0.465 e. The Hall–Kier alpha value is -2.67. The van der Waals surface area contributed by atoms with Crippen LogP contribution in [0.5, 0.6) is 5.19 Å². The van der Waals surface area contributed by atoms with Gasteiger partial charge in [0, 0.05) is 24.6 Å². The van der Waals surface area contributed by atoms with Gasteiger partial charge >= 0.3 is 6.18 Å². The number of carbonyl (C=O) groups is 1. The number of H-pyrrole nitrogens is 1. The molecular formula is C19H24F3N5O4S. The molecule has 0 bridgehead atoms. The predicted octanol–water partition coefficient (Wildman–Crippen LogP) is 2.44. The third-order valence-electron chi connectivity index (χ3n) is 4.86. The molecule has 0 aromatic carbocycles. The quantitative estimate of drug-likeness (QED) is 0.536. The molecule has 0 saturated carbocycles. The number of thiazole rings is 1. The van der Waals surface area contributed by atoms with Gasteiger partial charge in [0.1, 0.15) is 11.0 Å². The standard InChI is InChI=1S/C19H24F3N5O4S/c1-11(25-14-7-24-26-17(29)12(14)2)10-30-6-4-16(28)27-5-3-13(9-27)31-18-23-8-15(32-18)19(20,21)22/h7-8,11,13H,3-6,9-10H2,1-2H3,(H2,25,26,29)/t11-,13?/m0/s1. The van der Waals surface area contributed by atoms with E-state index in [4.69, 9.17) is 9.47 Å². The SMILES string of the molecule is Cc1c(N[C@@H](C)COCCC(=O)N2CCC(Oc3ncc(C(F)(F)F)s3)C2)cn[nH]c1=O. The number of hydrogen-bond acceptors (Lipinski definition) is 8. The van der Waals surface area contributed by atoms with Crippen LogP contribution in [0.4, 0.5) is 18.9 Å². The van der Waals surface area contributed by atoms with Crippen LogP contribution in [0.25, 0.3) is 0 Å². The zero-order valence-electron chi connectivity index (χ0n) is 17.6. The minimum atomic E-state index is -4.45. The number of likely N-dealkylation sites (tertiary alicyclic amines) is 1. The number of halogens is 3. The fourth-order valence-electron chi connectivity index (χ4n) is 3.13. The fraction of sp³-hybridized carbons (Fsp3) is 0.579. The summed E-state index contributed by atoms with van der Waals surface area (Å²) < 4.78 is 49.0. The van der Waals surface area contributed by atoms with Crippen LogP contribution in [0.1, 0.15) is 30.2 Å². The summed E-state index contributed by atoms with van der Waals surface area (Å²) in [5.74, 6) is -0.110. The predicted molar refractivity (Wildman–Crippen MR) is 111 cm³/mol. The minimum absolute atomic E-state index is 0.0488. The van der Waals surface area contributed by atoms with Crippen LogP contribution < -0.4 is 15.6 Å². The summed E-state index contributed by atoms with van der Waals surface area (Å²) in [4.78, 5) is 28.4. The number of nitrogens with one attached hydrogen (secondary N) is 2. The summed E-state index contributed by atoms with van der Waals surface area (Å²) in [5, 5.41) is 9.19. The van der Waals surface area contributed by atoms with E-state index in [1.807, 2.05) is 6.92 Å². The molecule has 1 unspecified atom stereocenters. The van der Waals surface area contributed by atoms with Gasteiger partial charge in [-0.05, 0) is 13.8 Å². The largest absolute Gasteiger partial charge is 0.465 e. The van der Waals surface area contributed by atoms with Crippen molar-refractivity contribution in [3.8, 4) is 5.19 Å². The first kappa shape index (κ1) is 24.0. The second kappa shape index (κ2) is 10.3. The van der Waals surface area contributed by atoms with E-state index in [0.717, 1.165) is 6.20 Å². The molecule has 1 saturated heterocycles. The molecule has 32 heavy (non-hydrogen) atoms. The van der Waals surface area contributed by atoms with Crippen LogP contribution in [0.3, 0.4) is 0 Å². The average molecular weight is 475 g/mol. The van der Waals surface area contributed by atoms with Gasteiger partial charge in [-0.2, -0.15) is 18.3 Å². The normalized spacial score (nSPS) is 17.4. The highest BCUT2D eigenvalue weighted by Gasteiger charge is 2.34. The molecule has 3 rings (SSSR count). The van der Waals surface area contributed by atoms with Gasteiger partial charge in [-0.15, -0.1) is 0 Å². The van der Waals surface area contributed by atoms with E-state index in [0.29, 0.717) is 48.7 Å². The molecule has 9 nitrogen and oxygen atoms in total. The molecule has 13 heteroatoms. The summed E-state index contributed by atoms with van der Waals surface area (Å²) in [6.45, 7) is 4.89. The Bertz CT molecular complexity index is 980. The molecule has 1 fully saturated rings. The molecule has 1 amide bonds. The molecular weight excluding hydrogens is 451 g/mol. The number of alkyl halides is 3. The molecule has 2 aromatic rings. The molecule has 2 aromatic heterocycles. The number of rotatable bonds is 9. The molecule has 0 aliphatic carbocycles. The Morgan fingerprint density at radius 3 is 2.94 bits per heavy atom. The number of aromatic amines is 1. The Labute approximate surface area is 185 Å². The lowest BCUT2D eigenvalue weighted by Gasteiger charge is -2.18. The first-order valence-electron chi connectivity index (χ1n) is 9.99. The van der Waals surface area contributed by atoms with Crippen LogP contribution in [-0.2, 0) is 15.7 Å². The molecule has 1 aliphatic rings. The van der Waals surface area contributed by atoms with E-state index in [9.17, 15) is 22.8 Å². The lowest BCUT2D eigenvalue weighted by molar-refractivity contribution is -0.134. The highest BCUT2D eigenvalue weighted by molar-refractivity contribution is 7.13. The highest BCUT2D eigenvalue weighted by atomic mass is 32.1. The monoisotopic (exact) mass is 475 g/mol. The topological polar surface area (TPSA) is 109 Å². The van der Waals surface area contributed by atoms with E-state index in [-0.39, 0.29) is 41.8 Å². The van der Waals surface area contributed by atoms with Crippen LogP contribution >= 0.6 is 11.3 Å². The fourth-order valence-corrected chi connectivity index (χ4v) is 3.82. The van der Waals surface area contributed by atoms with Gasteiger partial charge in [0.2, 0.25) is 5.91 Å². The number of aromatic nitrogens is 3. The van der Waals surface area contributed by atoms with Gasteiger partial charge in [-0.25, -0.2) is 10.1 Å². The van der Waals surface area contributed by atoms with Crippen molar-refractivity contribution in [3.63, 3.8) is 0 Å². The summed E-state index contributed by atoms with van der Waals surface area (Å²) in [6, 6.07) is -0.100. The summed E-state index contributed by atoms with van der Waals surface area (Å²) in [5.41, 5.74) is 0.879. The third-order valence-corrected chi connectivity index (χ3v) is 5.80. The van der Waals surface area contributed by atoms with Crippen molar-refractivity contribution in [2.45, 2.75) is 45.0 Å². The van der Waals surface area contributed by atoms with Crippen molar-refractivity contribution in [1.29, 1.82) is 0 Å². The van der Waals surface area contributed by atoms with Crippen LogP contribution in [0, 0.1) is 6.92 Å². The summed E-state index contributed by atoms with van der Waals surface area (Å²) >= 11 is 0.447. The van der Waals surface area contributed by atoms with E-state index in [1.54, 1.807) is 11.8 Å². The van der Waals surface area contributed by atoms with Crippen LogP contribution in [0.15, 0.2) is 17.2 Å². The molecule has 2 N–H and O–H groups in total. The van der Waals surface area contributed by atoms with Crippen LogP contribution in [0.2, 0.25) is 0 Å². The second-order valence-corrected chi connectivity index (χ2v) is 8.46. The number of ether oxygens (including phenoxy) is 2. The first-order valence-corrected chi connectivity index (χ1v) is 10.8. The van der Waals surface area contributed by atoms with E-state index < -0.39 is 11.1 Å². The van der Waals surface area contributed by atoms with Gasteiger partial charge in [-0.1, -0.05) is 11.3 Å². The highest BCUT2D eigenvalue weighted by Crippen LogP contribution is 2.36. The maximum absolute atomic E-state index is 12.7. The maximum atomic E-state index is 12.7. The van der Waals surface area contributed by atoms with Crippen molar-refractivity contribution < 1.29 is 27.4 Å². The lowest BCUT2D eigenvalue weighted by Crippen LogP contribution is -2.32. The third kappa shape index (κ3) is 6.42. The van der Waals surface area contributed by atoms with Gasteiger partial charge in [0.15, 0.2) is 0 Å². The average Bonchev–Trinajstić information content (AvgIpc) is 3.39. The lowest BCUT2D eigenvalue weighted by atomic mass is 10.2. The first-order chi connectivity index (χ1) is 15.1. The number of amides is 1. The van der Waals surface area contributed by atoms with E-state index in [1.165, 1.54) is 6.20 Å². The molecule has 2 atom stereocenters. The molecule has 1 aliphatic heterocycles. The van der Waals surface area contributed by atoms with E-state index in [2.05, 4.69) is 20.5 Å². The molecule has 3 heterocycles. The van der Waals surface area contributed by atoms with Crippen molar-refractivity contribution in [2.75, 3.05) is 31.6 Å².